The standard InChI is InChI=1S/C19H20.C13H12.C8H10/c1-4-5-9-16(3)19-14-15(2)12-13-18(19)17-10-7-6-8-11-17;1-11-6-5-9-13(10-11)12-7-3-2-4-8-12;1-7-4-3-5-8(2)6-7/h4-14H,1-3H3;2-5,7-10H,1,6H2;3-6H,1-2H3/b5-4-,16-9+;;. The van der Waals surface area contributed by atoms with Crippen molar-refractivity contribution in [3.8, 4) is 11.1 Å². The maximum absolute atomic E-state index is 3.96. The topological polar surface area (TPSA) is 0 Å². The molecule has 0 unspecified atom stereocenters. The Kier molecular flexibility index (Phi) is 11.9. The van der Waals surface area contributed by atoms with Gasteiger partial charge in [0.25, 0.3) is 0 Å². The summed E-state index contributed by atoms with van der Waals surface area (Å²) in [6.45, 7) is 14.5. The van der Waals surface area contributed by atoms with Gasteiger partial charge in [0.2, 0.25) is 0 Å². The van der Waals surface area contributed by atoms with Crippen molar-refractivity contribution in [3.63, 3.8) is 0 Å². The van der Waals surface area contributed by atoms with Gasteiger partial charge >= 0.3 is 0 Å². The fourth-order valence-electron chi connectivity index (χ4n) is 4.47. The van der Waals surface area contributed by atoms with Crippen molar-refractivity contribution in [3.05, 3.63) is 180 Å². The molecule has 0 N–H and O–H groups in total. The number of aryl methyl sites for hydroxylation is 3. The molecule has 0 heteroatoms. The first-order valence-corrected chi connectivity index (χ1v) is 14.0. The summed E-state index contributed by atoms with van der Waals surface area (Å²) in [4.78, 5) is 0. The monoisotopic (exact) mass is 522 g/mol. The highest BCUT2D eigenvalue weighted by molar-refractivity contribution is 5.81. The van der Waals surface area contributed by atoms with Crippen LogP contribution in [-0.4, -0.2) is 0 Å². The smallest absolute Gasteiger partial charge is 0.00998 e. The Morgan fingerprint density at radius 1 is 0.700 bits per heavy atom. The highest BCUT2D eigenvalue weighted by Gasteiger charge is 2.06. The molecule has 5 rings (SSSR count). The van der Waals surface area contributed by atoms with Gasteiger partial charge < -0.3 is 0 Å². The van der Waals surface area contributed by atoms with Gasteiger partial charge in [0, 0.05) is 0 Å². The molecule has 0 saturated heterocycles. The Morgan fingerprint density at radius 3 is 1.85 bits per heavy atom. The molecule has 40 heavy (non-hydrogen) atoms. The molecular weight excluding hydrogens is 480 g/mol. The van der Waals surface area contributed by atoms with Gasteiger partial charge in [0.1, 0.15) is 0 Å². The molecule has 202 valence electrons. The van der Waals surface area contributed by atoms with Crippen molar-refractivity contribution in [2.24, 2.45) is 0 Å². The van der Waals surface area contributed by atoms with E-state index < -0.39 is 0 Å². The van der Waals surface area contributed by atoms with Crippen LogP contribution in [0.1, 0.15) is 48.1 Å². The van der Waals surface area contributed by atoms with E-state index >= 15 is 0 Å². The number of hydrogen-bond acceptors (Lipinski definition) is 0. The number of hydrogen-bond donors (Lipinski definition) is 0. The predicted octanol–water partition coefficient (Wildman–Crippen LogP) is 11.5. The lowest BCUT2D eigenvalue weighted by Gasteiger charge is -2.11. The van der Waals surface area contributed by atoms with Gasteiger partial charge in [0.05, 0.1) is 0 Å². The highest BCUT2D eigenvalue weighted by Crippen LogP contribution is 2.29. The van der Waals surface area contributed by atoms with E-state index in [9.17, 15) is 0 Å². The molecule has 0 fully saturated rings. The van der Waals surface area contributed by atoms with Crippen LogP contribution in [0, 0.1) is 20.8 Å². The average Bonchev–Trinajstić information content (AvgIpc) is 2.97. The van der Waals surface area contributed by atoms with Crippen LogP contribution in [0.4, 0.5) is 0 Å². The first kappa shape index (κ1) is 30.1. The maximum Gasteiger partial charge on any atom is -0.00998 e. The molecule has 0 spiro atoms. The fraction of sp³-hybridized carbons (Fsp3) is 0.150. The van der Waals surface area contributed by atoms with Gasteiger partial charge in [0.15, 0.2) is 0 Å². The minimum atomic E-state index is 0.982. The second-order valence-corrected chi connectivity index (χ2v) is 10.2. The molecule has 0 amide bonds. The lowest BCUT2D eigenvalue weighted by atomic mass is 9.93. The summed E-state index contributed by atoms with van der Waals surface area (Å²) in [7, 11) is 0. The number of benzene rings is 4. The van der Waals surface area contributed by atoms with Crippen molar-refractivity contribution < 1.29 is 0 Å². The Hall–Kier alpha value is -4.42. The Morgan fingerprint density at radius 2 is 1.30 bits per heavy atom. The molecule has 0 nitrogen and oxygen atoms in total. The Bertz CT molecular complexity index is 1480. The number of allylic oxidation sites excluding steroid dienone is 9. The summed E-state index contributed by atoms with van der Waals surface area (Å²) < 4.78 is 0. The van der Waals surface area contributed by atoms with Crippen molar-refractivity contribution in [2.45, 2.75) is 41.0 Å². The maximum atomic E-state index is 3.96. The summed E-state index contributed by atoms with van der Waals surface area (Å²) in [5.41, 5.74) is 12.8. The van der Waals surface area contributed by atoms with Crippen LogP contribution < -0.4 is 0 Å². The second-order valence-electron chi connectivity index (χ2n) is 10.2. The molecule has 4 aromatic rings. The van der Waals surface area contributed by atoms with Crippen LogP contribution in [0.2, 0.25) is 0 Å². The summed E-state index contributed by atoms with van der Waals surface area (Å²) in [5, 5.41) is 0. The molecule has 0 radical (unpaired) electrons. The molecule has 1 aliphatic rings. The van der Waals surface area contributed by atoms with Crippen LogP contribution >= 0.6 is 0 Å². The third kappa shape index (κ3) is 9.71. The molecule has 0 atom stereocenters. The quantitative estimate of drug-likeness (QED) is 0.234. The SMILES string of the molecule is C/C=C\C=C(/C)c1cc(C)ccc1-c1ccccc1.C=C1C=C(c2ccccc2)C=CC1.Cc1cccc(C)c1. The Balaban J connectivity index is 0.000000181. The van der Waals surface area contributed by atoms with Crippen LogP contribution in [-0.2, 0) is 0 Å². The zero-order valence-corrected chi connectivity index (χ0v) is 24.7. The minimum absolute atomic E-state index is 0.982. The number of rotatable bonds is 4. The Labute approximate surface area is 242 Å². The van der Waals surface area contributed by atoms with Gasteiger partial charge in [-0.15, -0.1) is 0 Å². The highest BCUT2D eigenvalue weighted by atomic mass is 14.1. The van der Waals surface area contributed by atoms with Gasteiger partial charge in [-0.3, -0.25) is 0 Å². The molecule has 0 aliphatic heterocycles. The van der Waals surface area contributed by atoms with E-state index in [4.69, 9.17) is 0 Å². The molecule has 0 aromatic heterocycles. The van der Waals surface area contributed by atoms with Gasteiger partial charge in [-0.2, -0.15) is 0 Å². The van der Waals surface area contributed by atoms with Gasteiger partial charge in [-0.05, 0) is 74.4 Å². The van der Waals surface area contributed by atoms with E-state index in [1.54, 1.807) is 0 Å². The van der Waals surface area contributed by atoms with Crippen LogP contribution in [0.25, 0.3) is 22.3 Å². The molecule has 4 aromatic carbocycles. The van der Waals surface area contributed by atoms with Crippen molar-refractivity contribution in [2.75, 3.05) is 0 Å². The summed E-state index contributed by atoms with van der Waals surface area (Å²) in [5.74, 6) is 0. The lowest BCUT2D eigenvalue weighted by molar-refractivity contribution is 1.28. The minimum Gasteiger partial charge on any atom is -0.0955 e. The molecule has 1 aliphatic carbocycles. The molecule has 0 bridgehead atoms. The fourth-order valence-corrected chi connectivity index (χ4v) is 4.47. The van der Waals surface area contributed by atoms with Crippen LogP contribution in [0.5, 0.6) is 0 Å². The third-order valence-electron chi connectivity index (χ3n) is 6.54. The van der Waals surface area contributed by atoms with E-state index in [0.29, 0.717) is 0 Å². The van der Waals surface area contributed by atoms with Gasteiger partial charge in [-0.25, -0.2) is 0 Å². The molecule has 0 heterocycles. The van der Waals surface area contributed by atoms with Crippen LogP contribution in [0.3, 0.4) is 0 Å². The zero-order valence-electron chi connectivity index (χ0n) is 24.7. The lowest BCUT2D eigenvalue weighted by Crippen LogP contribution is -1.88. The normalized spacial score (nSPS) is 12.7. The first-order valence-electron chi connectivity index (χ1n) is 14.0. The third-order valence-corrected chi connectivity index (χ3v) is 6.54. The predicted molar refractivity (Wildman–Crippen MR) is 178 cm³/mol. The summed E-state index contributed by atoms with van der Waals surface area (Å²) in [6.07, 6.45) is 13.8. The van der Waals surface area contributed by atoms with Crippen molar-refractivity contribution >= 4 is 11.1 Å². The average molecular weight is 523 g/mol. The van der Waals surface area contributed by atoms with Crippen molar-refractivity contribution in [1.29, 1.82) is 0 Å². The van der Waals surface area contributed by atoms with E-state index in [1.165, 1.54) is 55.7 Å². The van der Waals surface area contributed by atoms with Crippen LogP contribution in [0.15, 0.2) is 152 Å². The van der Waals surface area contributed by atoms with E-state index in [1.807, 2.05) is 13.0 Å². The molecule has 0 saturated carbocycles. The van der Waals surface area contributed by atoms with E-state index in [-0.39, 0.29) is 0 Å². The summed E-state index contributed by atoms with van der Waals surface area (Å²) in [6, 6.07) is 36.0. The van der Waals surface area contributed by atoms with Crippen molar-refractivity contribution in [1.82, 2.24) is 0 Å². The second kappa shape index (κ2) is 15.9. The largest absolute Gasteiger partial charge is 0.0955 e. The zero-order chi connectivity index (χ0) is 28.7. The molecular formula is C40H42. The van der Waals surface area contributed by atoms with E-state index in [0.717, 1.165) is 6.42 Å². The van der Waals surface area contributed by atoms with E-state index in [2.05, 4.69) is 168 Å². The first-order chi connectivity index (χ1) is 19.4. The summed E-state index contributed by atoms with van der Waals surface area (Å²) >= 11 is 0. The van der Waals surface area contributed by atoms with Gasteiger partial charge in [-0.1, -0.05) is 168 Å².